The van der Waals surface area contributed by atoms with Crippen LogP contribution in [0.15, 0.2) is 40.4 Å². The van der Waals surface area contributed by atoms with E-state index in [0.29, 0.717) is 28.1 Å². The Bertz CT molecular complexity index is 1090. The smallest absolute Gasteiger partial charge is 0.270 e. The minimum atomic E-state index is -0.631. The molecule has 6 nitrogen and oxygen atoms in total. The molecule has 2 aromatic rings. The predicted molar refractivity (Wildman–Crippen MR) is 125 cm³/mol. The van der Waals surface area contributed by atoms with Gasteiger partial charge in [-0.05, 0) is 55.0 Å². The lowest BCUT2D eigenvalue weighted by Crippen LogP contribution is -2.54. The molecule has 3 rings (SSSR count). The van der Waals surface area contributed by atoms with Crippen molar-refractivity contribution < 1.29 is 19.1 Å². The molecule has 1 N–H and O–H groups in total. The standard InChI is InChI=1S/C20H15BrCl2N2O4S/c1-3-29-16-8-10(12(21)9-15(16)28-2)7-11-18(26)24-20(30)25(19(11)27)14-6-4-5-13(22)17(14)23/h4-9H,3H2,1-2H3,(H,24,26,30)/b11-7+. The van der Waals surface area contributed by atoms with E-state index in [1.54, 1.807) is 30.3 Å². The number of benzene rings is 2. The molecule has 0 spiro atoms. The Morgan fingerprint density at radius 1 is 1.23 bits per heavy atom. The fourth-order valence-electron chi connectivity index (χ4n) is 2.79. The van der Waals surface area contributed by atoms with Gasteiger partial charge in [0, 0.05) is 4.47 Å². The lowest BCUT2D eigenvalue weighted by atomic mass is 10.1. The highest BCUT2D eigenvalue weighted by Gasteiger charge is 2.36. The maximum Gasteiger partial charge on any atom is 0.270 e. The van der Waals surface area contributed by atoms with E-state index in [4.69, 9.17) is 44.9 Å². The van der Waals surface area contributed by atoms with Crippen molar-refractivity contribution in [3.05, 3.63) is 56.0 Å². The maximum absolute atomic E-state index is 13.2. The average Bonchev–Trinajstić information content (AvgIpc) is 2.70. The van der Waals surface area contributed by atoms with Gasteiger partial charge >= 0.3 is 0 Å². The Balaban J connectivity index is 2.09. The summed E-state index contributed by atoms with van der Waals surface area (Å²) in [6, 6.07) is 8.17. The number of nitrogens with one attached hydrogen (secondary N) is 1. The first-order valence-corrected chi connectivity index (χ1v) is 10.6. The van der Waals surface area contributed by atoms with Gasteiger partial charge in [-0.3, -0.25) is 19.8 Å². The zero-order valence-electron chi connectivity index (χ0n) is 15.8. The first-order valence-electron chi connectivity index (χ1n) is 8.64. The second kappa shape index (κ2) is 9.34. The highest BCUT2D eigenvalue weighted by atomic mass is 79.9. The number of thiocarbonyl (C=S) groups is 1. The highest BCUT2D eigenvalue weighted by molar-refractivity contribution is 9.10. The number of hydrogen-bond acceptors (Lipinski definition) is 5. The number of carbonyl (C=O) groups is 2. The molecule has 0 unspecified atom stereocenters. The first kappa shape index (κ1) is 22.6. The fraction of sp³-hybridized carbons (Fsp3) is 0.150. The Labute approximate surface area is 196 Å². The summed E-state index contributed by atoms with van der Waals surface area (Å²) in [4.78, 5) is 26.9. The summed E-state index contributed by atoms with van der Waals surface area (Å²) in [5, 5.41) is 2.83. The zero-order valence-corrected chi connectivity index (χ0v) is 19.7. The van der Waals surface area contributed by atoms with E-state index < -0.39 is 11.8 Å². The minimum absolute atomic E-state index is 0.0879. The predicted octanol–water partition coefficient (Wildman–Crippen LogP) is 4.99. The molecular formula is C20H15BrCl2N2O4S. The summed E-state index contributed by atoms with van der Waals surface area (Å²) in [5.41, 5.74) is 0.685. The average molecular weight is 530 g/mol. The first-order chi connectivity index (χ1) is 14.3. The van der Waals surface area contributed by atoms with Crippen LogP contribution in [0, 0.1) is 0 Å². The molecule has 30 heavy (non-hydrogen) atoms. The van der Waals surface area contributed by atoms with Crippen LogP contribution in [0.3, 0.4) is 0 Å². The van der Waals surface area contributed by atoms with Gasteiger partial charge in [-0.2, -0.15) is 0 Å². The molecule has 156 valence electrons. The van der Waals surface area contributed by atoms with Crippen molar-refractivity contribution in [3.8, 4) is 11.5 Å². The van der Waals surface area contributed by atoms with E-state index in [1.165, 1.54) is 13.2 Å². The third kappa shape index (κ3) is 4.32. The van der Waals surface area contributed by atoms with Crippen LogP contribution in [0.25, 0.3) is 6.08 Å². The van der Waals surface area contributed by atoms with Crippen LogP contribution in [0.2, 0.25) is 10.0 Å². The summed E-state index contributed by atoms with van der Waals surface area (Å²) >= 11 is 21.0. The van der Waals surface area contributed by atoms with E-state index in [2.05, 4.69) is 21.2 Å². The van der Waals surface area contributed by atoms with E-state index in [1.807, 2.05) is 6.92 Å². The Morgan fingerprint density at radius 3 is 2.63 bits per heavy atom. The Morgan fingerprint density at radius 2 is 1.97 bits per heavy atom. The summed E-state index contributed by atoms with van der Waals surface area (Å²) in [5.74, 6) is -0.267. The second-order valence-corrected chi connectivity index (χ2v) is 8.01. The van der Waals surface area contributed by atoms with Gasteiger partial charge in [0.15, 0.2) is 16.6 Å². The van der Waals surface area contributed by atoms with Crippen LogP contribution in [-0.4, -0.2) is 30.6 Å². The molecule has 1 saturated heterocycles. The molecule has 1 aliphatic rings. The maximum atomic E-state index is 13.2. The second-order valence-electron chi connectivity index (χ2n) is 5.99. The van der Waals surface area contributed by atoms with E-state index >= 15 is 0 Å². The molecule has 0 aliphatic carbocycles. The number of anilines is 1. The number of rotatable bonds is 5. The van der Waals surface area contributed by atoms with Gasteiger partial charge in [-0.25, -0.2) is 0 Å². The van der Waals surface area contributed by atoms with Crippen LogP contribution in [0.4, 0.5) is 5.69 Å². The molecule has 1 heterocycles. The fourth-order valence-corrected chi connectivity index (χ4v) is 3.88. The molecule has 2 amide bonds. The van der Waals surface area contributed by atoms with Crippen LogP contribution in [0.5, 0.6) is 11.5 Å². The topological polar surface area (TPSA) is 67.9 Å². The van der Waals surface area contributed by atoms with Crippen LogP contribution < -0.4 is 19.7 Å². The molecule has 0 bridgehead atoms. The minimum Gasteiger partial charge on any atom is -0.493 e. The normalized spacial score (nSPS) is 15.4. The van der Waals surface area contributed by atoms with Gasteiger partial charge in [0.25, 0.3) is 11.8 Å². The quantitative estimate of drug-likeness (QED) is 0.335. The number of amides is 2. The van der Waals surface area contributed by atoms with Crippen molar-refractivity contribution in [1.29, 1.82) is 0 Å². The SMILES string of the molecule is CCOc1cc(/C=C2\C(=O)NC(=S)N(c3cccc(Cl)c3Cl)C2=O)c(Br)cc1OC. The summed E-state index contributed by atoms with van der Waals surface area (Å²) < 4.78 is 11.5. The Hall–Kier alpha value is -2.13. The summed E-state index contributed by atoms with van der Waals surface area (Å²) in [6.45, 7) is 2.26. The lowest BCUT2D eigenvalue weighted by molar-refractivity contribution is -0.122. The van der Waals surface area contributed by atoms with Crippen molar-refractivity contribution in [2.75, 3.05) is 18.6 Å². The molecule has 10 heteroatoms. The van der Waals surface area contributed by atoms with Crippen LogP contribution >= 0.6 is 51.3 Å². The van der Waals surface area contributed by atoms with Crippen molar-refractivity contribution in [1.82, 2.24) is 5.32 Å². The number of methoxy groups -OCH3 is 1. The third-order valence-electron chi connectivity index (χ3n) is 4.16. The van der Waals surface area contributed by atoms with E-state index in [9.17, 15) is 9.59 Å². The van der Waals surface area contributed by atoms with Crippen molar-refractivity contribution >= 4 is 80.0 Å². The van der Waals surface area contributed by atoms with Gasteiger partial charge in [0.05, 0.1) is 29.4 Å². The van der Waals surface area contributed by atoms with Crippen LogP contribution in [-0.2, 0) is 9.59 Å². The largest absolute Gasteiger partial charge is 0.493 e. The molecule has 0 radical (unpaired) electrons. The number of carbonyl (C=O) groups excluding carboxylic acids is 2. The number of hydrogen-bond donors (Lipinski definition) is 1. The number of halogens is 3. The zero-order chi connectivity index (χ0) is 22.0. The monoisotopic (exact) mass is 528 g/mol. The molecule has 1 fully saturated rings. The van der Waals surface area contributed by atoms with Gasteiger partial charge in [0.1, 0.15) is 5.57 Å². The number of ether oxygens (including phenoxy) is 2. The van der Waals surface area contributed by atoms with Crippen molar-refractivity contribution in [2.24, 2.45) is 0 Å². The van der Waals surface area contributed by atoms with Gasteiger partial charge in [-0.15, -0.1) is 0 Å². The highest BCUT2D eigenvalue weighted by Crippen LogP contribution is 2.37. The molecule has 0 saturated carbocycles. The summed E-state index contributed by atoms with van der Waals surface area (Å²) in [7, 11) is 1.52. The third-order valence-corrected chi connectivity index (χ3v) is 5.94. The Kier molecular flexibility index (Phi) is 7.02. The van der Waals surface area contributed by atoms with Crippen molar-refractivity contribution in [2.45, 2.75) is 6.92 Å². The van der Waals surface area contributed by atoms with Gasteiger partial charge < -0.3 is 9.47 Å². The molecular weight excluding hydrogens is 515 g/mol. The molecule has 2 aromatic carbocycles. The molecule has 1 aliphatic heterocycles. The van der Waals surface area contributed by atoms with Gasteiger partial charge in [-0.1, -0.05) is 45.2 Å². The molecule has 0 atom stereocenters. The van der Waals surface area contributed by atoms with E-state index in [0.717, 1.165) is 4.90 Å². The molecule has 0 aromatic heterocycles. The van der Waals surface area contributed by atoms with Gasteiger partial charge in [0.2, 0.25) is 0 Å². The lowest BCUT2D eigenvalue weighted by Gasteiger charge is -2.29. The van der Waals surface area contributed by atoms with Crippen molar-refractivity contribution in [3.63, 3.8) is 0 Å². The van der Waals surface area contributed by atoms with E-state index in [-0.39, 0.29) is 26.4 Å². The number of nitrogens with zero attached hydrogens (tertiary/aromatic N) is 1. The summed E-state index contributed by atoms with van der Waals surface area (Å²) in [6.07, 6.45) is 1.44. The van der Waals surface area contributed by atoms with Crippen LogP contribution in [0.1, 0.15) is 12.5 Å².